The van der Waals surface area contributed by atoms with Gasteiger partial charge in [0.05, 0.1) is 14.2 Å². The average molecular weight is 301 g/mol. The molecule has 0 spiro atoms. The van der Waals surface area contributed by atoms with Crippen molar-refractivity contribution >= 4 is 5.78 Å². The summed E-state index contributed by atoms with van der Waals surface area (Å²) in [6.45, 7) is 1.73. The third-order valence-corrected chi connectivity index (χ3v) is 4.62. The minimum Gasteiger partial charge on any atom is -0.497 e. The van der Waals surface area contributed by atoms with Crippen molar-refractivity contribution in [1.82, 2.24) is 4.90 Å². The van der Waals surface area contributed by atoms with Crippen molar-refractivity contribution in [3.05, 3.63) is 35.0 Å². The van der Waals surface area contributed by atoms with Crippen LogP contribution in [0.5, 0.6) is 11.5 Å². The SMILES string of the molecule is COc1ccc(CN2CCC3=C2CCCCC3=O)c(OC)c1. The number of benzene rings is 1. The van der Waals surface area contributed by atoms with E-state index in [9.17, 15) is 4.79 Å². The number of carbonyl (C=O) groups excluding carboxylic acids is 1. The lowest BCUT2D eigenvalue weighted by Gasteiger charge is -2.23. The predicted molar refractivity (Wildman–Crippen MR) is 85.1 cm³/mol. The molecule has 118 valence electrons. The molecule has 1 aromatic carbocycles. The fourth-order valence-corrected chi connectivity index (χ4v) is 3.42. The topological polar surface area (TPSA) is 38.8 Å². The Bertz CT molecular complexity index is 606. The molecule has 2 aliphatic rings. The van der Waals surface area contributed by atoms with Crippen LogP contribution in [-0.2, 0) is 11.3 Å². The van der Waals surface area contributed by atoms with E-state index in [4.69, 9.17) is 9.47 Å². The Hall–Kier alpha value is -1.97. The van der Waals surface area contributed by atoms with E-state index in [1.165, 1.54) is 5.70 Å². The molecule has 4 heteroatoms. The first-order chi connectivity index (χ1) is 10.7. The first-order valence-electron chi connectivity index (χ1n) is 7.94. The molecule has 1 heterocycles. The fourth-order valence-electron chi connectivity index (χ4n) is 3.42. The van der Waals surface area contributed by atoms with Gasteiger partial charge in [0, 0.05) is 42.4 Å². The molecule has 0 aromatic heterocycles. The predicted octanol–water partition coefficient (Wildman–Crippen LogP) is 3.31. The second-order valence-electron chi connectivity index (χ2n) is 5.90. The standard InChI is InChI=1S/C18H23NO3/c1-21-14-8-7-13(18(11-14)22-2)12-19-10-9-15-16(19)5-3-4-6-17(15)20/h7-8,11H,3-6,9-10,12H2,1-2H3. The van der Waals surface area contributed by atoms with Gasteiger partial charge in [0.25, 0.3) is 0 Å². The van der Waals surface area contributed by atoms with E-state index in [2.05, 4.69) is 11.0 Å². The largest absolute Gasteiger partial charge is 0.497 e. The maximum absolute atomic E-state index is 12.2. The van der Waals surface area contributed by atoms with Crippen LogP contribution in [0, 0.1) is 0 Å². The molecule has 0 unspecified atom stereocenters. The quantitative estimate of drug-likeness (QED) is 0.855. The Morgan fingerprint density at radius 1 is 1.09 bits per heavy atom. The van der Waals surface area contributed by atoms with Crippen LogP contribution in [0.3, 0.4) is 0 Å². The molecule has 0 N–H and O–H groups in total. The minimum atomic E-state index is 0.358. The summed E-state index contributed by atoms with van der Waals surface area (Å²) in [5.74, 6) is 2.00. The lowest BCUT2D eigenvalue weighted by Crippen LogP contribution is -2.19. The molecular formula is C18H23NO3. The Morgan fingerprint density at radius 3 is 2.68 bits per heavy atom. The summed E-state index contributed by atoms with van der Waals surface area (Å²) in [6, 6.07) is 5.93. The Balaban J connectivity index is 1.83. The van der Waals surface area contributed by atoms with Gasteiger partial charge in [-0.25, -0.2) is 0 Å². The van der Waals surface area contributed by atoms with Crippen LogP contribution in [0.4, 0.5) is 0 Å². The van der Waals surface area contributed by atoms with Crippen LogP contribution in [-0.4, -0.2) is 31.4 Å². The van der Waals surface area contributed by atoms with Gasteiger partial charge in [0.15, 0.2) is 5.78 Å². The van der Waals surface area contributed by atoms with E-state index in [1.807, 2.05) is 12.1 Å². The Labute approximate surface area is 131 Å². The van der Waals surface area contributed by atoms with Crippen LogP contribution in [0.15, 0.2) is 29.5 Å². The number of hydrogen-bond acceptors (Lipinski definition) is 4. The molecule has 1 aliphatic heterocycles. The molecule has 4 nitrogen and oxygen atoms in total. The zero-order chi connectivity index (χ0) is 15.5. The zero-order valence-electron chi connectivity index (χ0n) is 13.4. The number of hydrogen-bond donors (Lipinski definition) is 0. The number of ether oxygens (including phenoxy) is 2. The van der Waals surface area contributed by atoms with Gasteiger partial charge in [-0.2, -0.15) is 0 Å². The highest BCUT2D eigenvalue weighted by Crippen LogP contribution is 2.34. The Kier molecular flexibility index (Phi) is 4.36. The summed E-state index contributed by atoms with van der Waals surface area (Å²) < 4.78 is 10.7. The molecule has 1 aliphatic carbocycles. The molecule has 0 amide bonds. The molecule has 0 atom stereocenters. The van der Waals surface area contributed by atoms with Crippen molar-refractivity contribution in [2.75, 3.05) is 20.8 Å². The first kappa shape index (κ1) is 14.9. The maximum atomic E-state index is 12.2. The van der Waals surface area contributed by atoms with Crippen LogP contribution in [0.2, 0.25) is 0 Å². The van der Waals surface area contributed by atoms with Crippen LogP contribution in [0.1, 0.15) is 37.7 Å². The van der Waals surface area contributed by atoms with E-state index < -0.39 is 0 Å². The smallest absolute Gasteiger partial charge is 0.160 e. The number of rotatable bonds is 4. The van der Waals surface area contributed by atoms with E-state index in [1.54, 1.807) is 14.2 Å². The summed E-state index contributed by atoms with van der Waals surface area (Å²) in [7, 11) is 3.34. The highest BCUT2D eigenvalue weighted by Gasteiger charge is 2.28. The van der Waals surface area contributed by atoms with Crippen LogP contribution < -0.4 is 9.47 Å². The molecule has 0 saturated heterocycles. The number of allylic oxidation sites excluding steroid dienone is 1. The molecular weight excluding hydrogens is 278 g/mol. The van der Waals surface area contributed by atoms with Gasteiger partial charge < -0.3 is 14.4 Å². The van der Waals surface area contributed by atoms with Gasteiger partial charge in [-0.3, -0.25) is 4.79 Å². The van der Waals surface area contributed by atoms with Crippen molar-refractivity contribution in [2.24, 2.45) is 0 Å². The number of carbonyl (C=O) groups is 1. The number of nitrogens with zero attached hydrogens (tertiary/aromatic N) is 1. The van der Waals surface area contributed by atoms with E-state index in [0.717, 1.165) is 67.8 Å². The number of methoxy groups -OCH3 is 2. The number of Topliss-reactive ketones (excluding diaryl/α,β-unsaturated/α-hetero) is 1. The van der Waals surface area contributed by atoms with Gasteiger partial charge in [0.1, 0.15) is 11.5 Å². The third-order valence-electron chi connectivity index (χ3n) is 4.62. The summed E-state index contributed by atoms with van der Waals surface area (Å²) in [5, 5.41) is 0. The van der Waals surface area contributed by atoms with Gasteiger partial charge >= 0.3 is 0 Å². The van der Waals surface area contributed by atoms with E-state index in [0.29, 0.717) is 5.78 Å². The van der Waals surface area contributed by atoms with Crippen molar-refractivity contribution in [3.8, 4) is 11.5 Å². The summed E-state index contributed by atoms with van der Waals surface area (Å²) in [5.41, 5.74) is 3.47. The first-order valence-corrected chi connectivity index (χ1v) is 7.94. The highest BCUT2D eigenvalue weighted by molar-refractivity contribution is 5.96. The van der Waals surface area contributed by atoms with Crippen molar-refractivity contribution in [1.29, 1.82) is 0 Å². The molecule has 0 bridgehead atoms. The van der Waals surface area contributed by atoms with Crippen molar-refractivity contribution in [3.63, 3.8) is 0 Å². The molecule has 1 aromatic rings. The lowest BCUT2D eigenvalue weighted by molar-refractivity contribution is -0.115. The van der Waals surface area contributed by atoms with Crippen LogP contribution in [0.25, 0.3) is 0 Å². The summed E-state index contributed by atoms with van der Waals surface area (Å²) >= 11 is 0. The molecule has 3 rings (SSSR count). The van der Waals surface area contributed by atoms with E-state index in [-0.39, 0.29) is 0 Å². The second kappa shape index (κ2) is 6.42. The molecule has 22 heavy (non-hydrogen) atoms. The second-order valence-corrected chi connectivity index (χ2v) is 5.90. The van der Waals surface area contributed by atoms with Gasteiger partial charge in [-0.1, -0.05) is 0 Å². The van der Waals surface area contributed by atoms with Gasteiger partial charge in [-0.05, 0) is 37.8 Å². The van der Waals surface area contributed by atoms with Crippen molar-refractivity contribution in [2.45, 2.75) is 38.6 Å². The van der Waals surface area contributed by atoms with E-state index >= 15 is 0 Å². The molecule has 0 radical (unpaired) electrons. The number of ketones is 1. The summed E-state index contributed by atoms with van der Waals surface area (Å²) in [4.78, 5) is 14.5. The zero-order valence-corrected chi connectivity index (χ0v) is 13.4. The van der Waals surface area contributed by atoms with Gasteiger partial charge in [0.2, 0.25) is 0 Å². The maximum Gasteiger partial charge on any atom is 0.160 e. The fraction of sp³-hybridized carbons (Fsp3) is 0.500. The summed E-state index contributed by atoms with van der Waals surface area (Å²) in [6.07, 6.45) is 4.77. The Morgan fingerprint density at radius 2 is 1.91 bits per heavy atom. The lowest BCUT2D eigenvalue weighted by atomic mass is 10.1. The third kappa shape index (κ3) is 2.82. The minimum absolute atomic E-state index is 0.358. The van der Waals surface area contributed by atoms with Crippen LogP contribution >= 0.6 is 0 Å². The van der Waals surface area contributed by atoms with Gasteiger partial charge in [-0.15, -0.1) is 0 Å². The normalized spacial score (nSPS) is 18.3. The molecule has 0 saturated carbocycles. The highest BCUT2D eigenvalue weighted by atomic mass is 16.5. The molecule has 0 fully saturated rings. The average Bonchev–Trinajstić information content (AvgIpc) is 2.84. The van der Waals surface area contributed by atoms with Crippen molar-refractivity contribution < 1.29 is 14.3 Å². The monoisotopic (exact) mass is 301 g/mol.